The van der Waals surface area contributed by atoms with Crippen molar-refractivity contribution < 1.29 is 14.7 Å². The molecule has 0 aromatic carbocycles. The number of amides is 1. The van der Waals surface area contributed by atoms with Gasteiger partial charge in [-0.1, -0.05) is 0 Å². The molecule has 0 unspecified atom stereocenters. The second-order valence-electron chi connectivity index (χ2n) is 4.37. The number of aliphatic carboxylic acids is 1. The Labute approximate surface area is 104 Å². The predicted octanol–water partition coefficient (Wildman–Crippen LogP) is -0.439. The van der Waals surface area contributed by atoms with Crippen molar-refractivity contribution in [3.63, 3.8) is 0 Å². The molecule has 1 aliphatic heterocycles. The monoisotopic (exact) mass is 252 g/mol. The van der Waals surface area contributed by atoms with Crippen LogP contribution in [0, 0.1) is 6.92 Å². The molecule has 7 heteroatoms. The van der Waals surface area contributed by atoms with Crippen molar-refractivity contribution in [1.29, 1.82) is 0 Å². The van der Waals surface area contributed by atoms with E-state index < -0.39 is 5.97 Å². The lowest BCUT2D eigenvalue weighted by Crippen LogP contribution is -2.49. The van der Waals surface area contributed by atoms with Gasteiger partial charge in [0.2, 0.25) is 0 Å². The fourth-order valence-electron chi connectivity index (χ4n) is 2.04. The molecule has 2 rings (SSSR count). The Morgan fingerprint density at radius 3 is 2.56 bits per heavy atom. The molecule has 1 saturated heterocycles. The molecule has 0 radical (unpaired) electrons. The van der Waals surface area contributed by atoms with Crippen LogP contribution in [0.1, 0.15) is 16.1 Å². The molecule has 1 aromatic rings. The van der Waals surface area contributed by atoms with Gasteiger partial charge in [-0.15, -0.1) is 0 Å². The first kappa shape index (κ1) is 12.6. The summed E-state index contributed by atoms with van der Waals surface area (Å²) in [5, 5.41) is 15.3. The summed E-state index contributed by atoms with van der Waals surface area (Å²) in [6, 6.07) is 0. The van der Waals surface area contributed by atoms with E-state index >= 15 is 0 Å². The fraction of sp³-hybridized carbons (Fsp3) is 0.545. The quantitative estimate of drug-likeness (QED) is 0.761. The lowest BCUT2D eigenvalue weighted by Gasteiger charge is -2.33. The number of piperazine rings is 1. The summed E-state index contributed by atoms with van der Waals surface area (Å²) in [7, 11) is 0. The number of hydrogen-bond donors (Lipinski definition) is 2. The highest BCUT2D eigenvalue weighted by atomic mass is 16.4. The maximum Gasteiger partial charge on any atom is 0.317 e. The fourth-order valence-corrected chi connectivity index (χ4v) is 2.04. The summed E-state index contributed by atoms with van der Waals surface area (Å²) in [4.78, 5) is 26.3. The summed E-state index contributed by atoms with van der Waals surface area (Å²) in [6.07, 6.45) is 1.53. The van der Waals surface area contributed by atoms with Gasteiger partial charge in [0.15, 0.2) is 0 Å². The highest BCUT2D eigenvalue weighted by Crippen LogP contribution is 2.10. The average Bonchev–Trinajstić information content (AvgIpc) is 2.75. The zero-order chi connectivity index (χ0) is 13.1. The lowest BCUT2D eigenvalue weighted by molar-refractivity contribution is -0.138. The number of carboxylic acids is 1. The van der Waals surface area contributed by atoms with Crippen LogP contribution in [0.2, 0.25) is 0 Å². The number of rotatable bonds is 3. The molecule has 1 amide bonds. The lowest BCUT2D eigenvalue weighted by atomic mass is 10.2. The second kappa shape index (κ2) is 5.18. The minimum Gasteiger partial charge on any atom is -0.480 e. The molecule has 0 saturated carbocycles. The Morgan fingerprint density at radius 2 is 2.06 bits per heavy atom. The summed E-state index contributed by atoms with van der Waals surface area (Å²) in [5.74, 6) is -0.878. The van der Waals surface area contributed by atoms with Crippen molar-refractivity contribution in [3.8, 4) is 0 Å². The number of nitrogens with one attached hydrogen (secondary N) is 1. The largest absolute Gasteiger partial charge is 0.480 e. The van der Waals surface area contributed by atoms with Crippen LogP contribution in [0.3, 0.4) is 0 Å². The molecule has 98 valence electrons. The van der Waals surface area contributed by atoms with Gasteiger partial charge in [0.05, 0.1) is 18.3 Å². The molecule has 2 N–H and O–H groups in total. The Bertz CT molecular complexity index is 449. The van der Waals surface area contributed by atoms with Crippen molar-refractivity contribution in [2.24, 2.45) is 0 Å². The van der Waals surface area contributed by atoms with E-state index in [0.29, 0.717) is 31.7 Å². The van der Waals surface area contributed by atoms with Crippen molar-refractivity contribution in [3.05, 3.63) is 17.5 Å². The number of carbonyl (C=O) groups is 2. The van der Waals surface area contributed by atoms with Gasteiger partial charge >= 0.3 is 5.97 Å². The molecule has 18 heavy (non-hydrogen) atoms. The van der Waals surface area contributed by atoms with Crippen molar-refractivity contribution in [1.82, 2.24) is 20.0 Å². The van der Waals surface area contributed by atoms with Crippen LogP contribution >= 0.6 is 0 Å². The van der Waals surface area contributed by atoms with Crippen molar-refractivity contribution in [2.75, 3.05) is 32.7 Å². The molecule has 7 nitrogen and oxygen atoms in total. The first-order valence-electron chi connectivity index (χ1n) is 5.81. The molecule has 0 bridgehead atoms. The Morgan fingerprint density at radius 1 is 1.39 bits per heavy atom. The van der Waals surface area contributed by atoms with E-state index in [1.807, 2.05) is 4.90 Å². The molecule has 0 spiro atoms. The van der Waals surface area contributed by atoms with E-state index in [1.165, 1.54) is 6.20 Å². The molecule has 1 aliphatic rings. The summed E-state index contributed by atoms with van der Waals surface area (Å²) in [6.45, 7) is 4.13. The minimum atomic E-state index is -0.833. The minimum absolute atomic E-state index is 0.0345. The highest BCUT2D eigenvalue weighted by Gasteiger charge is 2.24. The number of carboxylic acid groups (broad SMARTS) is 1. The van der Waals surface area contributed by atoms with Crippen LogP contribution in [-0.2, 0) is 4.79 Å². The number of carbonyl (C=O) groups excluding carboxylic acids is 1. The molecule has 0 aliphatic carbocycles. The van der Waals surface area contributed by atoms with Crippen LogP contribution in [0.25, 0.3) is 0 Å². The van der Waals surface area contributed by atoms with Gasteiger partial charge in [-0.3, -0.25) is 19.6 Å². The third-order valence-electron chi connectivity index (χ3n) is 3.08. The number of aromatic nitrogens is 2. The average molecular weight is 252 g/mol. The SMILES string of the molecule is Cc1[nH]ncc1C(=O)N1CCN(CC(=O)O)CC1. The van der Waals surface area contributed by atoms with Crippen LogP contribution in [-0.4, -0.2) is 69.7 Å². The van der Waals surface area contributed by atoms with E-state index in [-0.39, 0.29) is 12.5 Å². The standard InChI is InChI=1S/C11H16N4O3/c1-8-9(6-12-13-8)11(18)15-4-2-14(3-5-15)7-10(16)17/h6H,2-5,7H2,1H3,(H,12,13)(H,16,17). The number of aromatic amines is 1. The smallest absolute Gasteiger partial charge is 0.317 e. The normalized spacial score (nSPS) is 16.8. The molecule has 1 aromatic heterocycles. The summed E-state index contributed by atoms with van der Waals surface area (Å²) in [5.41, 5.74) is 1.34. The number of aryl methyl sites for hydroxylation is 1. The number of H-pyrrole nitrogens is 1. The van der Waals surface area contributed by atoms with Crippen LogP contribution < -0.4 is 0 Å². The van der Waals surface area contributed by atoms with E-state index in [0.717, 1.165) is 5.69 Å². The predicted molar refractivity (Wildman–Crippen MR) is 63.3 cm³/mol. The van der Waals surface area contributed by atoms with E-state index in [4.69, 9.17) is 5.11 Å². The third kappa shape index (κ3) is 2.67. The maximum atomic E-state index is 12.1. The van der Waals surface area contributed by atoms with Gasteiger partial charge < -0.3 is 10.0 Å². The van der Waals surface area contributed by atoms with Crippen LogP contribution in [0.15, 0.2) is 6.20 Å². The molecule has 2 heterocycles. The van der Waals surface area contributed by atoms with Crippen molar-refractivity contribution >= 4 is 11.9 Å². The van der Waals surface area contributed by atoms with E-state index in [9.17, 15) is 9.59 Å². The summed E-state index contributed by atoms with van der Waals surface area (Å²) < 4.78 is 0. The van der Waals surface area contributed by atoms with Gasteiger partial charge in [0.1, 0.15) is 0 Å². The van der Waals surface area contributed by atoms with Crippen LogP contribution in [0.5, 0.6) is 0 Å². The topological polar surface area (TPSA) is 89.5 Å². The zero-order valence-corrected chi connectivity index (χ0v) is 10.2. The van der Waals surface area contributed by atoms with Gasteiger partial charge in [0.25, 0.3) is 5.91 Å². The third-order valence-corrected chi connectivity index (χ3v) is 3.08. The molecular weight excluding hydrogens is 236 g/mol. The first-order chi connectivity index (χ1) is 8.58. The Balaban J connectivity index is 1.92. The van der Waals surface area contributed by atoms with Gasteiger partial charge in [-0.05, 0) is 6.92 Å². The van der Waals surface area contributed by atoms with E-state index in [2.05, 4.69) is 10.2 Å². The van der Waals surface area contributed by atoms with Gasteiger partial charge in [-0.2, -0.15) is 5.10 Å². The summed E-state index contributed by atoms with van der Waals surface area (Å²) >= 11 is 0. The maximum absolute atomic E-state index is 12.1. The van der Waals surface area contributed by atoms with E-state index in [1.54, 1.807) is 11.8 Å². The molecule has 1 fully saturated rings. The molecular formula is C11H16N4O3. The zero-order valence-electron chi connectivity index (χ0n) is 10.2. The Hall–Kier alpha value is -1.89. The number of nitrogens with zero attached hydrogens (tertiary/aromatic N) is 3. The van der Waals surface area contributed by atoms with Gasteiger partial charge in [-0.25, -0.2) is 0 Å². The van der Waals surface area contributed by atoms with Gasteiger partial charge in [0, 0.05) is 31.9 Å². The second-order valence-corrected chi connectivity index (χ2v) is 4.37. The first-order valence-corrected chi connectivity index (χ1v) is 5.81. The molecule has 0 atom stereocenters. The van der Waals surface area contributed by atoms with Crippen molar-refractivity contribution in [2.45, 2.75) is 6.92 Å². The van der Waals surface area contributed by atoms with Crippen LogP contribution in [0.4, 0.5) is 0 Å². The Kier molecular flexibility index (Phi) is 3.61. The highest BCUT2D eigenvalue weighted by molar-refractivity contribution is 5.95. The number of hydrogen-bond acceptors (Lipinski definition) is 4.